The maximum atomic E-state index is 11.9. The molecule has 8 nitrogen and oxygen atoms in total. The molecular weight excluding hydrogens is 336 g/mol. The highest BCUT2D eigenvalue weighted by molar-refractivity contribution is 5.95. The number of hydrogen-bond donors (Lipinski definition) is 2. The van der Waals surface area contributed by atoms with Crippen molar-refractivity contribution in [2.24, 2.45) is 0 Å². The van der Waals surface area contributed by atoms with E-state index in [-0.39, 0.29) is 12.6 Å². The van der Waals surface area contributed by atoms with Crippen LogP contribution in [-0.4, -0.2) is 29.6 Å². The Morgan fingerprint density at radius 2 is 2.23 bits per heavy atom. The molecule has 0 radical (unpaired) electrons. The third-order valence-corrected chi connectivity index (χ3v) is 3.65. The lowest BCUT2D eigenvalue weighted by Gasteiger charge is -2.12. The quantitative estimate of drug-likeness (QED) is 0.517. The van der Waals surface area contributed by atoms with Gasteiger partial charge in [0.1, 0.15) is 24.2 Å². The molecule has 8 heteroatoms. The van der Waals surface area contributed by atoms with Crippen LogP contribution in [0.25, 0.3) is 5.57 Å². The Bertz CT molecular complexity index is 785. The average Bonchev–Trinajstić information content (AvgIpc) is 3.05. The molecule has 2 rings (SSSR count). The number of esters is 1. The lowest BCUT2D eigenvalue weighted by molar-refractivity contribution is 0.0599. The van der Waals surface area contributed by atoms with Crippen molar-refractivity contribution in [1.29, 1.82) is 0 Å². The first-order chi connectivity index (χ1) is 12.5. The standard InChI is InChI=1S/C18H24N4O4/c1-5-6-7-20-16-13(8-21-18(19)22-16)26-10-14-15(11(2)3)12(9-25-14)17(23)24-4/h8-9H,2,5-7,10H2,1,3-4H3,(H3,19,20,21,22). The fourth-order valence-electron chi connectivity index (χ4n) is 2.38. The van der Waals surface area contributed by atoms with Gasteiger partial charge in [0.15, 0.2) is 11.6 Å². The molecule has 0 amide bonds. The number of hydrogen-bond acceptors (Lipinski definition) is 8. The van der Waals surface area contributed by atoms with Crippen molar-refractivity contribution < 1.29 is 18.7 Å². The second kappa shape index (κ2) is 8.89. The summed E-state index contributed by atoms with van der Waals surface area (Å²) >= 11 is 0. The predicted molar refractivity (Wildman–Crippen MR) is 98.9 cm³/mol. The number of allylic oxidation sites excluding steroid dienone is 1. The number of nitrogen functional groups attached to an aromatic ring is 1. The first-order valence-corrected chi connectivity index (χ1v) is 8.31. The molecule has 0 unspecified atom stereocenters. The summed E-state index contributed by atoms with van der Waals surface area (Å²) in [7, 11) is 1.31. The van der Waals surface area contributed by atoms with Gasteiger partial charge < -0.3 is 24.9 Å². The van der Waals surface area contributed by atoms with Gasteiger partial charge in [-0.1, -0.05) is 19.9 Å². The molecule has 0 saturated heterocycles. The van der Waals surface area contributed by atoms with Crippen LogP contribution in [0.1, 0.15) is 48.4 Å². The molecule has 0 aromatic carbocycles. The van der Waals surface area contributed by atoms with Gasteiger partial charge in [0.05, 0.1) is 13.3 Å². The number of nitrogens with one attached hydrogen (secondary N) is 1. The van der Waals surface area contributed by atoms with E-state index in [2.05, 4.69) is 28.8 Å². The fourth-order valence-corrected chi connectivity index (χ4v) is 2.38. The van der Waals surface area contributed by atoms with Crippen molar-refractivity contribution in [3.63, 3.8) is 0 Å². The zero-order chi connectivity index (χ0) is 19.1. The number of carbonyl (C=O) groups excluding carboxylic acids is 1. The summed E-state index contributed by atoms with van der Waals surface area (Å²) in [6.45, 7) is 8.60. The third kappa shape index (κ3) is 4.53. The summed E-state index contributed by atoms with van der Waals surface area (Å²) < 4.78 is 16.1. The number of furan rings is 1. The van der Waals surface area contributed by atoms with Gasteiger partial charge >= 0.3 is 5.97 Å². The number of methoxy groups -OCH3 is 1. The van der Waals surface area contributed by atoms with Gasteiger partial charge in [-0.25, -0.2) is 9.78 Å². The Balaban J connectivity index is 2.20. The van der Waals surface area contributed by atoms with Crippen molar-refractivity contribution in [3.05, 3.63) is 35.9 Å². The van der Waals surface area contributed by atoms with E-state index in [4.69, 9.17) is 19.6 Å². The van der Waals surface area contributed by atoms with Crippen molar-refractivity contribution in [1.82, 2.24) is 9.97 Å². The predicted octanol–water partition coefficient (Wildman–Crippen LogP) is 3.26. The van der Waals surface area contributed by atoms with Crippen LogP contribution in [0.2, 0.25) is 0 Å². The summed E-state index contributed by atoms with van der Waals surface area (Å²) in [6, 6.07) is 0. The molecule has 0 aliphatic heterocycles. The second-order valence-corrected chi connectivity index (χ2v) is 5.73. The zero-order valence-electron chi connectivity index (χ0n) is 15.3. The maximum absolute atomic E-state index is 11.9. The Hall–Kier alpha value is -3.03. The highest BCUT2D eigenvalue weighted by atomic mass is 16.5. The van der Waals surface area contributed by atoms with E-state index in [1.54, 1.807) is 6.92 Å². The molecule has 2 heterocycles. The topological polar surface area (TPSA) is 112 Å². The Labute approximate surface area is 152 Å². The molecule has 0 atom stereocenters. The van der Waals surface area contributed by atoms with Crippen LogP contribution in [0.4, 0.5) is 11.8 Å². The number of anilines is 2. The van der Waals surface area contributed by atoms with Gasteiger partial charge in [-0.2, -0.15) is 4.98 Å². The van der Waals surface area contributed by atoms with Crippen LogP contribution in [-0.2, 0) is 11.3 Å². The van der Waals surface area contributed by atoms with Crippen LogP contribution < -0.4 is 15.8 Å². The van der Waals surface area contributed by atoms with Gasteiger partial charge in [-0.05, 0) is 18.9 Å². The van der Waals surface area contributed by atoms with Crippen molar-refractivity contribution in [2.75, 3.05) is 24.7 Å². The number of carbonyl (C=O) groups is 1. The number of ether oxygens (including phenoxy) is 2. The van der Waals surface area contributed by atoms with Crippen molar-refractivity contribution in [2.45, 2.75) is 33.3 Å². The zero-order valence-corrected chi connectivity index (χ0v) is 15.3. The van der Waals surface area contributed by atoms with Gasteiger partial charge in [-0.15, -0.1) is 0 Å². The van der Waals surface area contributed by atoms with Gasteiger partial charge in [0, 0.05) is 12.1 Å². The van der Waals surface area contributed by atoms with E-state index in [0.717, 1.165) is 19.4 Å². The van der Waals surface area contributed by atoms with E-state index in [0.29, 0.717) is 34.0 Å². The highest BCUT2D eigenvalue weighted by Crippen LogP contribution is 2.28. The molecule has 0 spiro atoms. The Morgan fingerprint density at radius 3 is 2.88 bits per heavy atom. The van der Waals surface area contributed by atoms with Crippen LogP contribution >= 0.6 is 0 Å². The minimum Gasteiger partial charge on any atom is -0.480 e. The number of unbranched alkanes of at least 4 members (excludes halogenated alkanes) is 1. The molecular formula is C18H24N4O4. The lowest BCUT2D eigenvalue weighted by Crippen LogP contribution is -2.09. The van der Waals surface area contributed by atoms with Gasteiger partial charge in [0.2, 0.25) is 5.95 Å². The molecule has 0 aliphatic rings. The molecule has 140 valence electrons. The van der Waals surface area contributed by atoms with E-state index in [9.17, 15) is 4.79 Å². The molecule has 2 aromatic heterocycles. The van der Waals surface area contributed by atoms with Crippen LogP contribution in [0.3, 0.4) is 0 Å². The number of aromatic nitrogens is 2. The summed E-state index contributed by atoms with van der Waals surface area (Å²) in [5, 5.41) is 3.18. The average molecular weight is 360 g/mol. The number of rotatable bonds is 9. The van der Waals surface area contributed by atoms with Crippen LogP contribution in [0.15, 0.2) is 23.5 Å². The van der Waals surface area contributed by atoms with Crippen LogP contribution in [0.5, 0.6) is 5.75 Å². The van der Waals surface area contributed by atoms with E-state index < -0.39 is 5.97 Å². The van der Waals surface area contributed by atoms with Gasteiger partial charge in [-0.3, -0.25) is 0 Å². The largest absolute Gasteiger partial charge is 0.480 e. The fraction of sp³-hybridized carbons (Fsp3) is 0.389. The van der Waals surface area contributed by atoms with E-state index in [1.807, 2.05) is 0 Å². The third-order valence-electron chi connectivity index (χ3n) is 3.65. The Morgan fingerprint density at radius 1 is 1.46 bits per heavy atom. The minimum atomic E-state index is -0.490. The van der Waals surface area contributed by atoms with E-state index >= 15 is 0 Å². The summed E-state index contributed by atoms with van der Waals surface area (Å²) in [5.74, 6) is 1.09. The molecule has 26 heavy (non-hydrogen) atoms. The number of nitrogens with two attached hydrogens (primary N) is 1. The normalized spacial score (nSPS) is 10.4. The highest BCUT2D eigenvalue weighted by Gasteiger charge is 2.21. The molecule has 0 bridgehead atoms. The first kappa shape index (κ1) is 19.3. The molecule has 0 aliphatic carbocycles. The Kier molecular flexibility index (Phi) is 6.60. The maximum Gasteiger partial charge on any atom is 0.341 e. The SMILES string of the molecule is C=C(C)c1c(C(=O)OC)coc1COc1cnc(N)nc1NCCCC. The molecule has 2 aromatic rings. The van der Waals surface area contributed by atoms with Crippen molar-refractivity contribution >= 4 is 23.3 Å². The molecule has 3 N–H and O–H groups in total. The summed E-state index contributed by atoms with van der Waals surface area (Å²) in [5.41, 5.74) is 7.22. The van der Waals surface area contributed by atoms with Crippen LogP contribution in [0, 0.1) is 0 Å². The molecule has 0 fully saturated rings. The monoisotopic (exact) mass is 360 g/mol. The van der Waals surface area contributed by atoms with Gasteiger partial charge in [0.25, 0.3) is 0 Å². The lowest BCUT2D eigenvalue weighted by atomic mass is 10.0. The summed E-state index contributed by atoms with van der Waals surface area (Å²) in [4.78, 5) is 20.0. The minimum absolute atomic E-state index is 0.0783. The summed E-state index contributed by atoms with van der Waals surface area (Å²) in [6.07, 6.45) is 4.88. The first-order valence-electron chi connectivity index (χ1n) is 8.31. The molecule has 0 saturated carbocycles. The van der Waals surface area contributed by atoms with Crippen molar-refractivity contribution in [3.8, 4) is 5.75 Å². The number of nitrogens with zero attached hydrogens (tertiary/aromatic N) is 2. The second-order valence-electron chi connectivity index (χ2n) is 5.73. The van der Waals surface area contributed by atoms with E-state index in [1.165, 1.54) is 19.6 Å². The smallest absolute Gasteiger partial charge is 0.341 e.